The van der Waals surface area contributed by atoms with E-state index in [-0.39, 0.29) is 23.8 Å². The number of nitrogen functional groups attached to an aromatic ring is 1. The smallest absolute Gasteiger partial charge is 0.246 e. The number of fused-ring (bicyclic) bond motifs is 2. The van der Waals surface area contributed by atoms with E-state index in [1.54, 1.807) is 34.6 Å². The number of aromatic nitrogens is 1. The van der Waals surface area contributed by atoms with Gasteiger partial charge in [0.1, 0.15) is 16.5 Å². The van der Waals surface area contributed by atoms with Crippen LogP contribution >= 0.6 is 0 Å². The van der Waals surface area contributed by atoms with E-state index in [0.717, 1.165) is 55.4 Å². The standard InChI is InChI=1S/C38H51N3O4S/c1-6-27-9-7-24(2)25(3)32-13-15-38(4,5)20-34(32)33(27)11-8-26-14-16-45-35-12-10-28(18-29(35)17-26)30-19-36(37(39)40-21-30)46(43,44)41-22-31(42)23-41/h7,9-10,12,18-19,21,24,26-27,31,42H,6,8,11,13-17,20,22-23H2,1-5H3,(H2,39,40). The van der Waals surface area contributed by atoms with Crippen molar-refractivity contribution in [3.05, 3.63) is 70.5 Å². The number of benzene rings is 1. The molecule has 2 aliphatic carbocycles. The molecule has 0 radical (unpaired) electrons. The maximum atomic E-state index is 13.2. The zero-order chi connectivity index (χ0) is 32.8. The van der Waals surface area contributed by atoms with Gasteiger partial charge in [0.2, 0.25) is 10.0 Å². The minimum atomic E-state index is -3.83. The van der Waals surface area contributed by atoms with Crippen LogP contribution in [0.5, 0.6) is 5.75 Å². The van der Waals surface area contributed by atoms with Crippen molar-refractivity contribution in [2.45, 2.75) is 97.0 Å². The Morgan fingerprint density at radius 2 is 1.91 bits per heavy atom. The molecule has 8 heteroatoms. The molecule has 3 atom stereocenters. The summed E-state index contributed by atoms with van der Waals surface area (Å²) in [5, 5.41) is 9.67. The maximum absolute atomic E-state index is 13.2. The Labute approximate surface area is 275 Å². The third-order valence-electron chi connectivity index (χ3n) is 11.0. The molecule has 0 amide bonds. The van der Waals surface area contributed by atoms with Gasteiger partial charge in [-0.1, -0.05) is 57.1 Å². The maximum Gasteiger partial charge on any atom is 0.246 e. The average molecular weight is 646 g/mol. The quantitative estimate of drug-likeness (QED) is 0.303. The van der Waals surface area contributed by atoms with Crippen molar-refractivity contribution in [2.24, 2.45) is 23.2 Å². The highest BCUT2D eigenvalue weighted by molar-refractivity contribution is 7.89. The second-order valence-corrected chi connectivity index (χ2v) is 16.8. The molecule has 6 rings (SSSR count). The normalized spacial score (nSPS) is 25.6. The second-order valence-electron chi connectivity index (χ2n) is 14.8. The highest BCUT2D eigenvalue weighted by atomic mass is 32.2. The zero-order valence-electron chi connectivity index (χ0n) is 28.2. The lowest BCUT2D eigenvalue weighted by atomic mass is 9.67. The summed E-state index contributed by atoms with van der Waals surface area (Å²) in [5.41, 5.74) is 15.6. The number of hydrogen-bond acceptors (Lipinski definition) is 6. The fourth-order valence-corrected chi connectivity index (χ4v) is 9.40. The molecule has 7 nitrogen and oxygen atoms in total. The number of sulfonamides is 1. The molecule has 2 fully saturated rings. The molecule has 1 aromatic carbocycles. The fourth-order valence-electron chi connectivity index (χ4n) is 7.79. The van der Waals surface area contributed by atoms with E-state index in [0.29, 0.717) is 35.3 Å². The topological polar surface area (TPSA) is 106 Å². The summed E-state index contributed by atoms with van der Waals surface area (Å²) in [4.78, 5) is 4.24. The van der Waals surface area contributed by atoms with Crippen LogP contribution in [-0.2, 0) is 16.4 Å². The first-order valence-electron chi connectivity index (χ1n) is 17.2. The number of pyridine rings is 1. The van der Waals surface area contributed by atoms with E-state index < -0.39 is 16.1 Å². The van der Waals surface area contributed by atoms with E-state index in [1.165, 1.54) is 17.1 Å². The lowest BCUT2D eigenvalue weighted by Crippen LogP contribution is -2.53. The van der Waals surface area contributed by atoms with Crippen LogP contribution in [0.1, 0.15) is 85.1 Å². The summed E-state index contributed by atoms with van der Waals surface area (Å²) < 4.78 is 33.9. The highest BCUT2D eigenvalue weighted by Crippen LogP contribution is 2.48. The van der Waals surface area contributed by atoms with Crippen molar-refractivity contribution in [1.29, 1.82) is 0 Å². The van der Waals surface area contributed by atoms with Crippen LogP contribution in [0.3, 0.4) is 0 Å². The van der Waals surface area contributed by atoms with Gasteiger partial charge in [-0.25, -0.2) is 13.4 Å². The number of nitrogens with zero attached hydrogens (tertiary/aromatic N) is 2. The molecule has 1 saturated carbocycles. The number of anilines is 1. The van der Waals surface area contributed by atoms with Crippen LogP contribution in [-0.4, -0.2) is 48.6 Å². The van der Waals surface area contributed by atoms with Crippen molar-refractivity contribution in [3.63, 3.8) is 0 Å². The van der Waals surface area contributed by atoms with Gasteiger partial charge in [0.25, 0.3) is 0 Å². The van der Waals surface area contributed by atoms with Crippen LogP contribution < -0.4 is 10.5 Å². The summed E-state index contributed by atoms with van der Waals surface area (Å²) in [6.07, 6.45) is 14.8. The summed E-state index contributed by atoms with van der Waals surface area (Å²) >= 11 is 0. The third kappa shape index (κ3) is 6.58. The molecule has 3 unspecified atom stereocenters. The number of nitrogens with two attached hydrogens (primary N) is 1. The van der Waals surface area contributed by atoms with Gasteiger partial charge in [-0.05, 0) is 122 Å². The van der Waals surface area contributed by atoms with Gasteiger partial charge < -0.3 is 15.6 Å². The fraction of sp³-hybridized carbons (Fsp3) is 0.553. The molecule has 1 saturated heterocycles. The van der Waals surface area contributed by atoms with Crippen LogP contribution in [0.2, 0.25) is 0 Å². The molecular weight excluding hydrogens is 595 g/mol. The Balaban J connectivity index is 1.26. The van der Waals surface area contributed by atoms with Gasteiger partial charge in [0, 0.05) is 24.8 Å². The van der Waals surface area contributed by atoms with E-state index in [4.69, 9.17) is 10.5 Å². The molecule has 46 heavy (non-hydrogen) atoms. The van der Waals surface area contributed by atoms with Crippen LogP contribution in [0.4, 0.5) is 5.82 Å². The Morgan fingerprint density at radius 1 is 1.13 bits per heavy atom. The van der Waals surface area contributed by atoms with E-state index >= 15 is 0 Å². The molecule has 4 aliphatic rings. The number of rotatable bonds is 7. The largest absolute Gasteiger partial charge is 0.493 e. The number of allylic oxidation sites excluding steroid dienone is 6. The number of aliphatic hydroxyl groups excluding tert-OH is 1. The zero-order valence-corrected chi connectivity index (χ0v) is 29.0. The second kappa shape index (κ2) is 12.9. The summed E-state index contributed by atoms with van der Waals surface area (Å²) in [6, 6.07) is 7.72. The van der Waals surface area contributed by atoms with Gasteiger partial charge >= 0.3 is 0 Å². The molecule has 3 heterocycles. The van der Waals surface area contributed by atoms with E-state index in [9.17, 15) is 13.5 Å². The average Bonchev–Trinajstić information content (AvgIpc) is 3.21. The van der Waals surface area contributed by atoms with Crippen molar-refractivity contribution < 1.29 is 18.3 Å². The molecule has 0 bridgehead atoms. The lowest BCUT2D eigenvalue weighted by molar-refractivity contribution is 0.0548. The summed E-state index contributed by atoms with van der Waals surface area (Å²) in [7, 11) is -3.83. The van der Waals surface area contributed by atoms with Crippen LogP contribution in [0, 0.1) is 23.2 Å². The summed E-state index contributed by atoms with van der Waals surface area (Å²) in [5.74, 6) is 2.33. The molecule has 248 valence electrons. The minimum absolute atomic E-state index is 0.0156. The van der Waals surface area contributed by atoms with E-state index in [2.05, 4.69) is 57.8 Å². The predicted molar refractivity (Wildman–Crippen MR) is 185 cm³/mol. The summed E-state index contributed by atoms with van der Waals surface area (Å²) in [6.45, 7) is 12.8. The van der Waals surface area contributed by atoms with Gasteiger partial charge in [0.15, 0.2) is 0 Å². The SMILES string of the molecule is CCC1C=CC(C)C(C)=C2CCC(C)(C)CC2=C1CCC1CCOc2ccc(-c3cnc(N)c(S(=O)(=O)N4CC(O)C4)c3)cc2C1. The Kier molecular flexibility index (Phi) is 9.27. The predicted octanol–water partition coefficient (Wildman–Crippen LogP) is 7.47. The number of hydrogen-bond donors (Lipinski definition) is 2. The Morgan fingerprint density at radius 3 is 2.65 bits per heavy atom. The van der Waals surface area contributed by atoms with Gasteiger partial charge in [-0.2, -0.15) is 4.31 Å². The van der Waals surface area contributed by atoms with E-state index in [1.807, 2.05) is 12.1 Å². The highest BCUT2D eigenvalue weighted by Gasteiger charge is 2.37. The lowest BCUT2D eigenvalue weighted by Gasteiger charge is -2.38. The van der Waals surface area contributed by atoms with Gasteiger partial charge in [-0.3, -0.25) is 0 Å². The number of β-amino-alcohol motifs (C(OH)–C–C–N with tert-alkyl or cyclic N) is 1. The molecule has 2 aromatic rings. The first-order valence-corrected chi connectivity index (χ1v) is 18.6. The molecule has 3 N–H and O–H groups in total. The number of aliphatic hydroxyl groups is 1. The Hall–Kier alpha value is -2.94. The van der Waals surface area contributed by atoms with Gasteiger partial charge in [-0.15, -0.1) is 0 Å². The molecule has 0 spiro atoms. The van der Waals surface area contributed by atoms with Crippen molar-refractivity contribution in [3.8, 4) is 16.9 Å². The van der Waals surface area contributed by atoms with Crippen molar-refractivity contribution >= 4 is 15.8 Å². The van der Waals surface area contributed by atoms with Gasteiger partial charge in [0.05, 0.1) is 12.7 Å². The third-order valence-corrected chi connectivity index (χ3v) is 12.8. The monoisotopic (exact) mass is 645 g/mol. The molecule has 2 aliphatic heterocycles. The van der Waals surface area contributed by atoms with Crippen molar-refractivity contribution in [1.82, 2.24) is 9.29 Å². The first-order chi connectivity index (χ1) is 21.9. The Bertz CT molecular complexity index is 1680. The minimum Gasteiger partial charge on any atom is -0.493 e. The molecular formula is C38H51N3O4S. The van der Waals surface area contributed by atoms with Crippen LogP contribution in [0.25, 0.3) is 11.1 Å². The number of ether oxygens (including phenoxy) is 1. The van der Waals surface area contributed by atoms with Crippen molar-refractivity contribution in [2.75, 3.05) is 25.4 Å². The molecule has 1 aromatic heterocycles. The van der Waals surface area contributed by atoms with Crippen LogP contribution in [0.15, 0.2) is 69.8 Å². The first kappa shape index (κ1) is 33.0.